The van der Waals surface area contributed by atoms with Gasteiger partial charge < -0.3 is 20.9 Å². The van der Waals surface area contributed by atoms with Crippen LogP contribution in [0.3, 0.4) is 0 Å². The Morgan fingerprint density at radius 1 is 1.24 bits per heavy atom. The molecule has 1 aromatic carbocycles. The predicted octanol–water partition coefficient (Wildman–Crippen LogP) is 1.90. The van der Waals surface area contributed by atoms with Crippen LogP contribution in [0, 0.1) is 5.82 Å². The van der Waals surface area contributed by atoms with E-state index in [1.54, 1.807) is 19.3 Å². The maximum Gasteiger partial charge on any atom is 0.239 e. The van der Waals surface area contributed by atoms with Crippen molar-refractivity contribution in [3.63, 3.8) is 0 Å². The molecule has 1 aliphatic heterocycles. The number of guanidine groups is 1. The van der Waals surface area contributed by atoms with Gasteiger partial charge >= 0.3 is 0 Å². The monoisotopic (exact) mass is 512 g/mol. The zero-order chi connectivity index (χ0) is 19.8. The van der Waals surface area contributed by atoms with E-state index in [-0.39, 0.29) is 48.3 Å². The summed E-state index contributed by atoms with van der Waals surface area (Å²) in [6.45, 7) is 1.94. The van der Waals surface area contributed by atoms with Crippen LogP contribution in [-0.4, -0.2) is 49.6 Å². The highest BCUT2D eigenvalue weighted by Gasteiger charge is 2.26. The molecule has 7 nitrogen and oxygen atoms in total. The van der Waals surface area contributed by atoms with Gasteiger partial charge in [-0.1, -0.05) is 30.3 Å². The van der Waals surface area contributed by atoms with Gasteiger partial charge in [0.15, 0.2) is 17.6 Å². The smallest absolute Gasteiger partial charge is 0.239 e. The minimum absolute atomic E-state index is 0. The number of carbonyl (C=O) groups is 1. The topological polar surface area (TPSA) is 81.6 Å². The van der Waals surface area contributed by atoms with Crippen molar-refractivity contribution in [1.82, 2.24) is 20.9 Å². The van der Waals surface area contributed by atoms with Gasteiger partial charge in [-0.2, -0.15) is 0 Å². The molecule has 1 unspecified atom stereocenters. The highest BCUT2D eigenvalue weighted by molar-refractivity contribution is 14.0. The third-order valence-electron chi connectivity index (χ3n) is 4.54. The van der Waals surface area contributed by atoms with E-state index in [9.17, 15) is 9.18 Å². The number of nitrogens with zero attached hydrogens (tertiary/aromatic N) is 3. The molecule has 0 radical (unpaired) electrons. The number of aliphatic imine (C=N–C) groups is 1. The van der Waals surface area contributed by atoms with E-state index >= 15 is 0 Å². The number of aromatic nitrogens is 1. The van der Waals surface area contributed by atoms with E-state index in [2.05, 4.69) is 25.9 Å². The Balaban J connectivity index is 0.00000300. The molecular weight excluding hydrogens is 486 g/mol. The lowest BCUT2D eigenvalue weighted by Gasteiger charge is -2.19. The quantitative estimate of drug-likeness (QED) is 0.313. The van der Waals surface area contributed by atoms with Crippen LogP contribution < -0.4 is 20.9 Å². The molecule has 2 heterocycles. The summed E-state index contributed by atoms with van der Waals surface area (Å²) < 4.78 is 13.9. The molecule has 0 saturated carbocycles. The maximum absolute atomic E-state index is 13.9. The van der Waals surface area contributed by atoms with Crippen LogP contribution in [0.4, 0.5) is 10.2 Å². The first-order chi connectivity index (χ1) is 13.7. The van der Waals surface area contributed by atoms with Crippen LogP contribution in [0.25, 0.3) is 0 Å². The SMILES string of the molecule is CN=C(NCC(=O)NCc1ccccc1)NC1CCN(c2ncccc2F)C1.I. The number of hydrogen-bond donors (Lipinski definition) is 3. The van der Waals surface area contributed by atoms with E-state index in [1.165, 1.54) is 6.07 Å². The number of pyridine rings is 1. The van der Waals surface area contributed by atoms with Crippen molar-refractivity contribution < 1.29 is 9.18 Å². The van der Waals surface area contributed by atoms with Gasteiger partial charge in [0.1, 0.15) is 0 Å². The zero-order valence-corrected chi connectivity index (χ0v) is 18.6. The predicted molar refractivity (Wildman–Crippen MR) is 123 cm³/mol. The molecule has 1 atom stereocenters. The van der Waals surface area contributed by atoms with Crippen LogP contribution in [0.15, 0.2) is 53.7 Å². The Hall–Kier alpha value is -2.43. The van der Waals surface area contributed by atoms with E-state index in [4.69, 9.17) is 0 Å². The second-order valence-electron chi connectivity index (χ2n) is 6.57. The number of anilines is 1. The van der Waals surface area contributed by atoms with Crippen molar-refractivity contribution in [2.75, 3.05) is 31.6 Å². The summed E-state index contributed by atoms with van der Waals surface area (Å²) in [4.78, 5) is 22.2. The Morgan fingerprint density at radius 3 is 2.76 bits per heavy atom. The number of nitrogens with one attached hydrogen (secondary N) is 3. The van der Waals surface area contributed by atoms with Gasteiger partial charge in [-0.15, -0.1) is 24.0 Å². The summed E-state index contributed by atoms with van der Waals surface area (Å²) in [6, 6.07) is 12.8. The molecule has 29 heavy (non-hydrogen) atoms. The van der Waals surface area contributed by atoms with Gasteiger partial charge in [0.2, 0.25) is 5.91 Å². The molecule has 0 spiro atoms. The van der Waals surface area contributed by atoms with Crippen LogP contribution in [0.1, 0.15) is 12.0 Å². The van der Waals surface area contributed by atoms with Crippen LogP contribution in [-0.2, 0) is 11.3 Å². The number of rotatable bonds is 6. The standard InChI is InChI=1S/C20H25FN6O.HI/c1-22-20(25-13-18(28)24-12-15-6-3-2-4-7-15)26-16-9-11-27(14-16)19-17(21)8-5-10-23-19;/h2-8,10,16H,9,11-14H2,1H3,(H,24,28)(H2,22,25,26);1H. The molecule has 3 N–H and O–H groups in total. The summed E-state index contributed by atoms with van der Waals surface area (Å²) in [5.41, 5.74) is 1.05. The van der Waals surface area contributed by atoms with E-state index < -0.39 is 0 Å². The lowest BCUT2D eigenvalue weighted by molar-refractivity contribution is -0.120. The normalized spacial score (nSPS) is 16.1. The fourth-order valence-electron chi connectivity index (χ4n) is 3.09. The number of halogens is 2. The Bertz CT molecular complexity index is 820. The lowest BCUT2D eigenvalue weighted by atomic mass is 10.2. The van der Waals surface area contributed by atoms with E-state index in [0.717, 1.165) is 12.0 Å². The average molecular weight is 512 g/mol. The second-order valence-corrected chi connectivity index (χ2v) is 6.57. The van der Waals surface area contributed by atoms with Crippen molar-refractivity contribution in [3.8, 4) is 0 Å². The Morgan fingerprint density at radius 2 is 2.03 bits per heavy atom. The summed E-state index contributed by atoms with van der Waals surface area (Å²) in [5, 5.41) is 9.16. The summed E-state index contributed by atoms with van der Waals surface area (Å²) in [5.74, 6) is 0.481. The number of amides is 1. The van der Waals surface area contributed by atoms with Gasteiger partial charge in [-0.3, -0.25) is 9.79 Å². The van der Waals surface area contributed by atoms with Gasteiger partial charge in [0.05, 0.1) is 6.54 Å². The number of carbonyl (C=O) groups excluding carboxylic acids is 1. The molecule has 0 aliphatic carbocycles. The number of benzene rings is 1. The fourth-order valence-corrected chi connectivity index (χ4v) is 3.09. The maximum atomic E-state index is 13.9. The van der Waals surface area contributed by atoms with Gasteiger partial charge in [0.25, 0.3) is 0 Å². The molecule has 2 aromatic rings. The number of hydrogen-bond acceptors (Lipinski definition) is 4. The first kappa shape index (κ1) is 22.9. The molecule has 156 valence electrons. The van der Waals surface area contributed by atoms with E-state index in [0.29, 0.717) is 31.4 Å². The highest BCUT2D eigenvalue weighted by Crippen LogP contribution is 2.20. The summed E-state index contributed by atoms with van der Waals surface area (Å²) in [7, 11) is 1.66. The Labute approximate surface area is 187 Å². The zero-order valence-electron chi connectivity index (χ0n) is 16.3. The molecule has 9 heteroatoms. The van der Waals surface area contributed by atoms with Crippen LogP contribution >= 0.6 is 24.0 Å². The molecule has 1 fully saturated rings. The first-order valence-corrected chi connectivity index (χ1v) is 9.29. The summed E-state index contributed by atoms with van der Waals surface area (Å²) >= 11 is 0. The molecule has 0 bridgehead atoms. The van der Waals surface area contributed by atoms with Crippen molar-refractivity contribution in [3.05, 3.63) is 60.0 Å². The molecule has 1 saturated heterocycles. The van der Waals surface area contributed by atoms with Crippen LogP contribution in [0.5, 0.6) is 0 Å². The molecule has 1 amide bonds. The minimum Gasteiger partial charge on any atom is -0.352 e. The molecule has 1 aromatic heterocycles. The third kappa shape index (κ3) is 6.84. The first-order valence-electron chi connectivity index (χ1n) is 9.29. The fraction of sp³-hybridized carbons (Fsp3) is 0.350. The van der Waals surface area contributed by atoms with Crippen LogP contribution in [0.2, 0.25) is 0 Å². The molecular formula is C20H26FIN6O. The highest BCUT2D eigenvalue weighted by atomic mass is 127. The van der Waals surface area contributed by atoms with Gasteiger partial charge in [0, 0.05) is 38.9 Å². The Kier molecular flexibility index (Phi) is 9.10. The van der Waals surface area contributed by atoms with Crippen molar-refractivity contribution in [1.29, 1.82) is 0 Å². The van der Waals surface area contributed by atoms with Crippen molar-refractivity contribution in [2.45, 2.75) is 19.0 Å². The van der Waals surface area contributed by atoms with Gasteiger partial charge in [-0.25, -0.2) is 9.37 Å². The molecule has 1 aliphatic rings. The molecule has 3 rings (SSSR count). The second kappa shape index (κ2) is 11.5. The minimum atomic E-state index is -0.319. The van der Waals surface area contributed by atoms with E-state index in [1.807, 2.05) is 35.2 Å². The average Bonchev–Trinajstić information content (AvgIpc) is 3.19. The van der Waals surface area contributed by atoms with Crippen molar-refractivity contribution in [2.24, 2.45) is 4.99 Å². The van der Waals surface area contributed by atoms with Crippen molar-refractivity contribution >= 4 is 41.7 Å². The van der Waals surface area contributed by atoms with Gasteiger partial charge in [-0.05, 0) is 24.1 Å². The summed E-state index contributed by atoms with van der Waals surface area (Å²) in [6.07, 6.45) is 2.42. The largest absolute Gasteiger partial charge is 0.352 e. The third-order valence-corrected chi connectivity index (χ3v) is 4.54. The lowest BCUT2D eigenvalue weighted by Crippen LogP contribution is -2.47.